The number of aromatic amines is 1. The largest absolute Gasteiger partial charge is 0.352 e. The van der Waals surface area contributed by atoms with Gasteiger partial charge in [-0.3, -0.25) is 9.59 Å². The molecule has 2 rings (SSSR count). The lowest BCUT2D eigenvalue weighted by atomic mass is 10.0. The fraction of sp³-hybridized carbons (Fsp3) is 0.500. The Balaban J connectivity index is 1.86. The average Bonchev–Trinajstić information content (AvgIpc) is 2.37. The summed E-state index contributed by atoms with van der Waals surface area (Å²) in [6.45, 7) is 0.714. The Bertz CT molecular complexity index is 438. The molecule has 0 atom stereocenters. The van der Waals surface area contributed by atoms with Gasteiger partial charge in [0.15, 0.2) is 0 Å². The average molecular weight is 252 g/mol. The van der Waals surface area contributed by atoms with Crippen LogP contribution in [0.15, 0.2) is 23.1 Å². The molecule has 5 heteroatoms. The van der Waals surface area contributed by atoms with Gasteiger partial charge in [0.2, 0.25) is 5.56 Å². The predicted octanol–water partition coefficient (Wildman–Crippen LogP) is 1.25. The van der Waals surface area contributed by atoms with E-state index in [9.17, 15) is 9.59 Å². The van der Waals surface area contributed by atoms with Gasteiger partial charge in [-0.2, -0.15) is 11.8 Å². The molecule has 1 aromatic heterocycles. The summed E-state index contributed by atoms with van der Waals surface area (Å²) >= 11 is 1.97. The van der Waals surface area contributed by atoms with Crippen molar-refractivity contribution in [3.63, 3.8) is 0 Å². The van der Waals surface area contributed by atoms with E-state index in [0.717, 1.165) is 0 Å². The maximum atomic E-state index is 11.8. The van der Waals surface area contributed by atoms with Gasteiger partial charge < -0.3 is 10.3 Å². The van der Waals surface area contributed by atoms with Crippen molar-refractivity contribution in [2.24, 2.45) is 5.92 Å². The van der Waals surface area contributed by atoms with Crippen LogP contribution in [0.2, 0.25) is 0 Å². The highest BCUT2D eigenvalue weighted by atomic mass is 32.2. The molecule has 1 fully saturated rings. The summed E-state index contributed by atoms with van der Waals surface area (Å²) in [4.78, 5) is 25.3. The van der Waals surface area contributed by atoms with Crippen LogP contribution in [-0.4, -0.2) is 28.9 Å². The minimum absolute atomic E-state index is 0.158. The van der Waals surface area contributed by atoms with Crippen LogP contribution < -0.4 is 10.9 Å². The molecule has 17 heavy (non-hydrogen) atoms. The van der Waals surface area contributed by atoms with Crippen LogP contribution in [0.3, 0.4) is 0 Å². The van der Waals surface area contributed by atoms with Gasteiger partial charge in [0, 0.05) is 24.4 Å². The van der Waals surface area contributed by atoms with Gasteiger partial charge in [0.1, 0.15) is 0 Å². The number of aromatic nitrogens is 1. The lowest BCUT2D eigenvalue weighted by molar-refractivity contribution is 0.0946. The van der Waals surface area contributed by atoms with Crippen LogP contribution in [-0.2, 0) is 0 Å². The van der Waals surface area contributed by atoms with Crippen molar-refractivity contribution < 1.29 is 4.79 Å². The van der Waals surface area contributed by atoms with Crippen molar-refractivity contribution in [2.45, 2.75) is 12.8 Å². The number of pyridine rings is 1. The first-order valence-electron chi connectivity index (χ1n) is 5.80. The molecule has 0 unspecified atom stereocenters. The molecule has 4 nitrogen and oxygen atoms in total. The highest BCUT2D eigenvalue weighted by molar-refractivity contribution is 7.99. The fourth-order valence-electron chi connectivity index (χ4n) is 1.88. The molecule has 0 aliphatic carbocycles. The van der Waals surface area contributed by atoms with Crippen LogP contribution in [0.5, 0.6) is 0 Å². The van der Waals surface area contributed by atoms with Crippen LogP contribution in [0, 0.1) is 5.92 Å². The maximum absolute atomic E-state index is 11.8. The van der Waals surface area contributed by atoms with Crippen molar-refractivity contribution in [3.8, 4) is 0 Å². The van der Waals surface area contributed by atoms with E-state index in [1.807, 2.05) is 11.8 Å². The summed E-state index contributed by atoms with van der Waals surface area (Å²) in [5.41, 5.74) is 0.186. The standard InChI is InChI=1S/C12H16N2O2S/c15-11-7-10(1-4-13-11)12(16)14-8-9-2-5-17-6-3-9/h1,4,7,9H,2-3,5-6,8H2,(H,13,15)(H,14,16). The normalized spacial score (nSPS) is 16.7. The second-order valence-electron chi connectivity index (χ2n) is 4.21. The first-order valence-corrected chi connectivity index (χ1v) is 6.96. The Hall–Kier alpha value is -1.23. The van der Waals surface area contributed by atoms with Gasteiger partial charge in [-0.1, -0.05) is 0 Å². The Labute approximate surface area is 104 Å². The number of amides is 1. The molecular weight excluding hydrogens is 236 g/mol. The predicted molar refractivity (Wildman–Crippen MR) is 69.4 cm³/mol. The molecule has 1 aromatic rings. The summed E-state index contributed by atoms with van der Waals surface area (Å²) in [6, 6.07) is 2.94. The number of rotatable bonds is 3. The van der Waals surface area contributed by atoms with E-state index in [2.05, 4.69) is 10.3 Å². The number of hydrogen-bond acceptors (Lipinski definition) is 3. The molecule has 92 valence electrons. The Morgan fingerprint density at radius 3 is 2.94 bits per heavy atom. The number of carbonyl (C=O) groups excluding carboxylic acids is 1. The monoisotopic (exact) mass is 252 g/mol. The van der Waals surface area contributed by atoms with E-state index >= 15 is 0 Å². The van der Waals surface area contributed by atoms with E-state index in [0.29, 0.717) is 18.0 Å². The molecule has 0 spiro atoms. The van der Waals surface area contributed by atoms with Crippen LogP contribution >= 0.6 is 11.8 Å². The van der Waals surface area contributed by atoms with E-state index in [-0.39, 0.29) is 11.5 Å². The zero-order valence-corrected chi connectivity index (χ0v) is 10.4. The summed E-state index contributed by atoms with van der Waals surface area (Å²) in [5.74, 6) is 2.80. The number of carbonyl (C=O) groups is 1. The van der Waals surface area contributed by atoms with E-state index in [1.165, 1.54) is 36.6 Å². The first kappa shape index (κ1) is 12.2. The van der Waals surface area contributed by atoms with Gasteiger partial charge in [0.25, 0.3) is 5.91 Å². The fourth-order valence-corrected chi connectivity index (χ4v) is 3.08. The topological polar surface area (TPSA) is 62.0 Å². The third-order valence-corrected chi connectivity index (χ3v) is 3.98. The molecule has 0 aromatic carbocycles. The molecule has 1 amide bonds. The van der Waals surface area contributed by atoms with Crippen LogP contribution in [0.1, 0.15) is 23.2 Å². The Morgan fingerprint density at radius 2 is 2.24 bits per heavy atom. The Kier molecular flexibility index (Phi) is 4.25. The number of hydrogen-bond donors (Lipinski definition) is 2. The van der Waals surface area contributed by atoms with Crippen LogP contribution in [0.4, 0.5) is 0 Å². The van der Waals surface area contributed by atoms with Gasteiger partial charge in [-0.25, -0.2) is 0 Å². The summed E-state index contributed by atoms with van der Waals surface area (Å²) in [6.07, 6.45) is 3.83. The van der Waals surface area contributed by atoms with Crippen molar-refractivity contribution in [1.29, 1.82) is 0 Å². The third kappa shape index (κ3) is 3.63. The lowest BCUT2D eigenvalue weighted by Crippen LogP contribution is -2.31. The number of nitrogens with one attached hydrogen (secondary N) is 2. The van der Waals surface area contributed by atoms with Crippen molar-refractivity contribution in [3.05, 3.63) is 34.2 Å². The molecular formula is C12H16N2O2S. The molecule has 1 aliphatic heterocycles. The molecule has 2 N–H and O–H groups in total. The van der Waals surface area contributed by atoms with Gasteiger partial charge in [-0.05, 0) is 36.3 Å². The van der Waals surface area contributed by atoms with Gasteiger partial charge in [0.05, 0.1) is 0 Å². The molecule has 0 bridgehead atoms. The minimum Gasteiger partial charge on any atom is -0.352 e. The second-order valence-corrected chi connectivity index (χ2v) is 5.43. The summed E-state index contributed by atoms with van der Waals surface area (Å²) in [5, 5.41) is 2.89. The highest BCUT2D eigenvalue weighted by Gasteiger charge is 2.15. The molecule has 1 aliphatic rings. The maximum Gasteiger partial charge on any atom is 0.251 e. The third-order valence-electron chi connectivity index (χ3n) is 2.93. The molecule has 0 radical (unpaired) electrons. The molecule has 1 saturated heterocycles. The zero-order valence-electron chi connectivity index (χ0n) is 9.57. The van der Waals surface area contributed by atoms with Gasteiger partial charge >= 0.3 is 0 Å². The summed E-state index contributed by atoms with van der Waals surface area (Å²) in [7, 11) is 0. The number of H-pyrrole nitrogens is 1. The highest BCUT2D eigenvalue weighted by Crippen LogP contribution is 2.21. The summed E-state index contributed by atoms with van der Waals surface area (Å²) < 4.78 is 0. The van der Waals surface area contributed by atoms with Crippen molar-refractivity contribution in [2.75, 3.05) is 18.1 Å². The Morgan fingerprint density at radius 1 is 1.47 bits per heavy atom. The van der Waals surface area contributed by atoms with Crippen molar-refractivity contribution in [1.82, 2.24) is 10.3 Å². The second kappa shape index (κ2) is 5.91. The quantitative estimate of drug-likeness (QED) is 0.851. The van der Waals surface area contributed by atoms with E-state index < -0.39 is 0 Å². The van der Waals surface area contributed by atoms with Crippen LogP contribution in [0.25, 0.3) is 0 Å². The molecule has 0 saturated carbocycles. The van der Waals surface area contributed by atoms with Gasteiger partial charge in [-0.15, -0.1) is 0 Å². The zero-order chi connectivity index (χ0) is 12.1. The lowest BCUT2D eigenvalue weighted by Gasteiger charge is -2.21. The van der Waals surface area contributed by atoms with E-state index in [4.69, 9.17) is 0 Å². The van der Waals surface area contributed by atoms with Crippen molar-refractivity contribution >= 4 is 17.7 Å². The first-order chi connectivity index (χ1) is 8.25. The number of thioether (sulfide) groups is 1. The SMILES string of the molecule is O=C(NCC1CCSCC1)c1cc[nH]c(=O)c1. The minimum atomic E-state index is -0.244. The smallest absolute Gasteiger partial charge is 0.251 e. The van der Waals surface area contributed by atoms with E-state index in [1.54, 1.807) is 6.07 Å². The molecule has 2 heterocycles.